The highest BCUT2D eigenvalue weighted by Gasteiger charge is 2.12. The molecule has 15 heavy (non-hydrogen) atoms. The van der Waals surface area contributed by atoms with E-state index in [-0.39, 0.29) is 11.7 Å². The SMILES string of the molecule is CC(c1ccccc1N)n1cn[nH]c1=O. The molecule has 1 aromatic heterocycles. The molecule has 2 rings (SSSR count). The summed E-state index contributed by atoms with van der Waals surface area (Å²) >= 11 is 0. The van der Waals surface area contributed by atoms with Crippen molar-refractivity contribution in [1.29, 1.82) is 0 Å². The van der Waals surface area contributed by atoms with Crippen LogP contribution in [0.1, 0.15) is 18.5 Å². The zero-order valence-corrected chi connectivity index (χ0v) is 8.34. The van der Waals surface area contributed by atoms with Crippen LogP contribution in [0.3, 0.4) is 0 Å². The Balaban J connectivity index is 2.45. The van der Waals surface area contributed by atoms with Crippen LogP contribution in [0.4, 0.5) is 5.69 Å². The first kappa shape index (κ1) is 9.51. The summed E-state index contributed by atoms with van der Waals surface area (Å²) < 4.78 is 1.51. The van der Waals surface area contributed by atoms with Gasteiger partial charge in [0.2, 0.25) is 0 Å². The van der Waals surface area contributed by atoms with Gasteiger partial charge in [-0.15, -0.1) is 0 Å². The van der Waals surface area contributed by atoms with Crippen LogP contribution >= 0.6 is 0 Å². The number of nitrogens with one attached hydrogen (secondary N) is 1. The maximum Gasteiger partial charge on any atom is 0.343 e. The fraction of sp³-hybridized carbons (Fsp3) is 0.200. The Bertz CT molecular complexity index is 514. The summed E-state index contributed by atoms with van der Waals surface area (Å²) in [4.78, 5) is 11.3. The van der Waals surface area contributed by atoms with Gasteiger partial charge in [-0.2, -0.15) is 5.10 Å². The van der Waals surface area contributed by atoms with Gasteiger partial charge < -0.3 is 5.73 Å². The number of aromatic nitrogens is 3. The molecule has 78 valence electrons. The second kappa shape index (κ2) is 3.61. The first-order chi connectivity index (χ1) is 7.20. The molecule has 3 N–H and O–H groups in total. The molecule has 0 spiro atoms. The van der Waals surface area contributed by atoms with E-state index in [4.69, 9.17) is 5.73 Å². The van der Waals surface area contributed by atoms with Gasteiger partial charge in [0.1, 0.15) is 6.33 Å². The van der Waals surface area contributed by atoms with Gasteiger partial charge in [0.15, 0.2) is 0 Å². The summed E-state index contributed by atoms with van der Waals surface area (Å²) in [5.74, 6) is 0. The Morgan fingerprint density at radius 2 is 2.20 bits per heavy atom. The number of anilines is 1. The minimum atomic E-state index is -0.231. The van der Waals surface area contributed by atoms with E-state index in [1.54, 1.807) is 0 Å². The molecule has 0 saturated heterocycles. The number of rotatable bonds is 2. The zero-order valence-electron chi connectivity index (χ0n) is 8.34. The molecular formula is C10H12N4O. The van der Waals surface area contributed by atoms with E-state index >= 15 is 0 Å². The number of H-pyrrole nitrogens is 1. The zero-order chi connectivity index (χ0) is 10.8. The topological polar surface area (TPSA) is 76.7 Å². The standard InChI is InChI=1S/C10H12N4O/c1-7(14-6-12-13-10(14)15)8-4-2-3-5-9(8)11/h2-7H,11H2,1H3,(H,13,15). The van der Waals surface area contributed by atoms with Crippen molar-refractivity contribution < 1.29 is 0 Å². The van der Waals surface area contributed by atoms with Gasteiger partial charge in [0.25, 0.3) is 0 Å². The fourth-order valence-electron chi connectivity index (χ4n) is 1.57. The molecule has 1 unspecified atom stereocenters. The van der Waals surface area contributed by atoms with Gasteiger partial charge >= 0.3 is 5.69 Å². The smallest absolute Gasteiger partial charge is 0.343 e. The van der Waals surface area contributed by atoms with Crippen LogP contribution in [-0.2, 0) is 0 Å². The molecule has 0 bridgehead atoms. The molecule has 2 aromatic rings. The maximum atomic E-state index is 11.3. The lowest BCUT2D eigenvalue weighted by Crippen LogP contribution is -2.21. The van der Waals surface area contributed by atoms with Crippen molar-refractivity contribution in [2.24, 2.45) is 0 Å². The van der Waals surface area contributed by atoms with Crippen molar-refractivity contribution in [2.75, 3.05) is 5.73 Å². The van der Waals surface area contributed by atoms with Crippen LogP contribution in [0.25, 0.3) is 0 Å². The lowest BCUT2D eigenvalue weighted by Gasteiger charge is -2.13. The molecule has 0 amide bonds. The fourth-order valence-corrected chi connectivity index (χ4v) is 1.57. The Labute approximate surface area is 86.5 Å². The molecule has 1 atom stereocenters. The lowest BCUT2D eigenvalue weighted by atomic mass is 10.1. The third-order valence-corrected chi connectivity index (χ3v) is 2.44. The van der Waals surface area contributed by atoms with Gasteiger partial charge in [0.05, 0.1) is 6.04 Å². The maximum absolute atomic E-state index is 11.3. The molecule has 1 heterocycles. The number of para-hydroxylation sites is 1. The van der Waals surface area contributed by atoms with Crippen LogP contribution in [0.15, 0.2) is 35.4 Å². The van der Waals surface area contributed by atoms with Gasteiger partial charge in [-0.1, -0.05) is 18.2 Å². The average Bonchev–Trinajstić information content (AvgIpc) is 2.64. The quantitative estimate of drug-likeness (QED) is 0.709. The van der Waals surface area contributed by atoms with E-state index in [0.29, 0.717) is 5.69 Å². The number of nitrogens with zero attached hydrogens (tertiary/aromatic N) is 2. The lowest BCUT2D eigenvalue weighted by molar-refractivity contribution is 0.617. The van der Waals surface area contributed by atoms with Crippen molar-refractivity contribution >= 4 is 5.69 Å². The van der Waals surface area contributed by atoms with E-state index in [2.05, 4.69) is 10.2 Å². The van der Waals surface area contributed by atoms with Crippen molar-refractivity contribution in [2.45, 2.75) is 13.0 Å². The summed E-state index contributed by atoms with van der Waals surface area (Å²) in [5.41, 5.74) is 7.20. The average molecular weight is 204 g/mol. The number of nitrogens with two attached hydrogens (primary N) is 1. The first-order valence-electron chi connectivity index (χ1n) is 4.66. The van der Waals surface area contributed by atoms with Crippen molar-refractivity contribution in [1.82, 2.24) is 14.8 Å². The first-order valence-corrected chi connectivity index (χ1v) is 4.66. The molecule has 0 fully saturated rings. The molecular weight excluding hydrogens is 192 g/mol. The third kappa shape index (κ3) is 1.63. The number of hydrogen-bond acceptors (Lipinski definition) is 3. The molecule has 5 heteroatoms. The monoisotopic (exact) mass is 204 g/mol. The van der Waals surface area contributed by atoms with E-state index in [1.807, 2.05) is 31.2 Å². The molecule has 0 aliphatic rings. The van der Waals surface area contributed by atoms with Crippen molar-refractivity contribution in [3.63, 3.8) is 0 Å². The predicted octanol–water partition coefficient (Wildman–Crippen LogP) is 0.763. The predicted molar refractivity (Wildman–Crippen MR) is 57.5 cm³/mol. The molecule has 5 nitrogen and oxygen atoms in total. The molecule has 1 aromatic carbocycles. The molecule has 0 saturated carbocycles. The van der Waals surface area contributed by atoms with Crippen LogP contribution in [0, 0.1) is 0 Å². The van der Waals surface area contributed by atoms with Crippen LogP contribution in [0.5, 0.6) is 0 Å². The largest absolute Gasteiger partial charge is 0.398 e. The Morgan fingerprint density at radius 1 is 1.47 bits per heavy atom. The normalized spacial score (nSPS) is 12.6. The second-order valence-corrected chi connectivity index (χ2v) is 3.37. The minimum absolute atomic E-state index is 0.113. The highest BCUT2D eigenvalue weighted by Crippen LogP contribution is 2.21. The van der Waals surface area contributed by atoms with E-state index < -0.39 is 0 Å². The number of nitrogen functional groups attached to an aromatic ring is 1. The van der Waals surface area contributed by atoms with Crippen molar-refractivity contribution in [3.8, 4) is 0 Å². The van der Waals surface area contributed by atoms with E-state index in [1.165, 1.54) is 10.9 Å². The molecule has 0 aliphatic carbocycles. The summed E-state index contributed by atoms with van der Waals surface area (Å²) in [6, 6.07) is 7.37. The Hall–Kier alpha value is -2.04. The summed E-state index contributed by atoms with van der Waals surface area (Å²) in [6.07, 6.45) is 1.47. The Morgan fingerprint density at radius 3 is 2.80 bits per heavy atom. The summed E-state index contributed by atoms with van der Waals surface area (Å²) in [6.45, 7) is 1.91. The van der Waals surface area contributed by atoms with E-state index in [0.717, 1.165) is 5.56 Å². The van der Waals surface area contributed by atoms with Gasteiger partial charge in [-0.25, -0.2) is 9.89 Å². The van der Waals surface area contributed by atoms with Crippen LogP contribution < -0.4 is 11.4 Å². The number of aromatic amines is 1. The molecule has 0 aliphatic heterocycles. The van der Waals surface area contributed by atoms with Gasteiger partial charge in [-0.05, 0) is 18.6 Å². The third-order valence-electron chi connectivity index (χ3n) is 2.44. The van der Waals surface area contributed by atoms with Gasteiger partial charge in [-0.3, -0.25) is 4.57 Å². The Kier molecular flexibility index (Phi) is 2.29. The minimum Gasteiger partial charge on any atom is -0.398 e. The second-order valence-electron chi connectivity index (χ2n) is 3.37. The number of benzene rings is 1. The summed E-state index contributed by atoms with van der Waals surface area (Å²) in [7, 11) is 0. The highest BCUT2D eigenvalue weighted by molar-refractivity contribution is 5.48. The van der Waals surface area contributed by atoms with Crippen LogP contribution in [-0.4, -0.2) is 14.8 Å². The molecule has 0 radical (unpaired) electrons. The van der Waals surface area contributed by atoms with Crippen LogP contribution in [0.2, 0.25) is 0 Å². The van der Waals surface area contributed by atoms with E-state index in [9.17, 15) is 4.79 Å². The van der Waals surface area contributed by atoms with Gasteiger partial charge in [0, 0.05) is 5.69 Å². The summed E-state index contributed by atoms with van der Waals surface area (Å²) in [5, 5.41) is 6.04. The van der Waals surface area contributed by atoms with Crippen molar-refractivity contribution in [3.05, 3.63) is 46.6 Å². The highest BCUT2D eigenvalue weighted by atomic mass is 16.1. The number of hydrogen-bond donors (Lipinski definition) is 2.